The molecule has 0 aliphatic rings. The number of hydrogen-bond donors (Lipinski definition) is 0. The Morgan fingerprint density at radius 3 is 2.36 bits per heavy atom. The maximum atomic E-state index is 4.93. The molecular formula is C23H28N2. The molecule has 1 aromatic heterocycles. The SMILES string of the molecule is C=C(C)Cn1c([C@@H](C)c2ccc(CC(C)C)cc2)nc2ccccc21. The number of fused-ring (bicyclic) bond motifs is 1. The van der Waals surface area contributed by atoms with Crippen molar-refractivity contribution in [2.45, 2.75) is 46.6 Å². The Balaban J connectivity index is 1.98. The van der Waals surface area contributed by atoms with E-state index in [9.17, 15) is 0 Å². The third-order valence-corrected chi connectivity index (χ3v) is 4.62. The third kappa shape index (κ3) is 3.84. The van der Waals surface area contributed by atoms with Crippen LogP contribution in [0.5, 0.6) is 0 Å². The number of hydrogen-bond acceptors (Lipinski definition) is 1. The smallest absolute Gasteiger partial charge is 0.117 e. The molecule has 0 unspecified atom stereocenters. The van der Waals surface area contributed by atoms with Crippen LogP contribution in [0.2, 0.25) is 0 Å². The first-order chi connectivity index (χ1) is 12.0. The minimum absolute atomic E-state index is 0.250. The molecule has 2 heteroatoms. The number of aromatic nitrogens is 2. The number of rotatable bonds is 6. The van der Waals surface area contributed by atoms with Crippen molar-refractivity contribution in [1.82, 2.24) is 9.55 Å². The van der Waals surface area contributed by atoms with Gasteiger partial charge >= 0.3 is 0 Å². The fraction of sp³-hybridized carbons (Fsp3) is 0.348. The van der Waals surface area contributed by atoms with Crippen molar-refractivity contribution in [2.24, 2.45) is 5.92 Å². The van der Waals surface area contributed by atoms with E-state index in [4.69, 9.17) is 4.98 Å². The lowest BCUT2D eigenvalue weighted by atomic mass is 9.96. The Kier molecular flexibility index (Phi) is 5.08. The van der Waals surface area contributed by atoms with Gasteiger partial charge in [-0.2, -0.15) is 0 Å². The lowest BCUT2D eigenvalue weighted by Gasteiger charge is -2.16. The normalized spacial score (nSPS) is 12.7. The second-order valence-electron chi connectivity index (χ2n) is 7.56. The Labute approximate surface area is 151 Å². The van der Waals surface area contributed by atoms with Crippen LogP contribution >= 0.6 is 0 Å². The summed E-state index contributed by atoms with van der Waals surface area (Å²) in [5.74, 6) is 2.05. The summed E-state index contributed by atoms with van der Waals surface area (Å²) in [6, 6.07) is 17.4. The summed E-state index contributed by atoms with van der Waals surface area (Å²) in [6.45, 7) is 13.7. The molecule has 3 rings (SSSR count). The van der Waals surface area contributed by atoms with E-state index in [2.05, 4.69) is 87.4 Å². The maximum absolute atomic E-state index is 4.93. The molecule has 0 aliphatic heterocycles. The van der Waals surface area contributed by atoms with Gasteiger partial charge in [0.2, 0.25) is 0 Å². The summed E-state index contributed by atoms with van der Waals surface area (Å²) in [5, 5.41) is 0. The number of imidazole rings is 1. The molecule has 0 amide bonds. The number of allylic oxidation sites excluding steroid dienone is 1. The van der Waals surface area contributed by atoms with Gasteiger partial charge in [-0.25, -0.2) is 4.98 Å². The van der Waals surface area contributed by atoms with Gasteiger partial charge in [-0.3, -0.25) is 0 Å². The number of benzene rings is 2. The Morgan fingerprint density at radius 2 is 1.72 bits per heavy atom. The van der Waals surface area contributed by atoms with Crippen molar-refractivity contribution in [3.63, 3.8) is 0 Å². The van der Waals surface area contributed by atoms with Gasteiger partial charge in [-0.1, -0.05) is 69.3 Å². The molecule has 0 N–H and O–H groups in total. The molecule has 0 fully saturated rings. The Hall–Kier alpha value is -2.35. The van der Waals surface area contributed by atoms with Gasteiger partial charge in [0.25, 0.3) is 0 Å². The van der Waals surface area contributed by atoms with Crippen LogP contribution < -0.4 is 0 Å². The van der Waals surface area contributed by atoms with Gasteiger partial charge in [0.1, 0.15) is 5.82 Å². The lowest BCUT2D eigenvalue weighted by Crippen LogP contribution is -2.09. The average Bonchev–Trinajstić information content (AvgIpc) is 2.92. The van der Waals surface area contributed by atoms with E-state index in [1.807, 2.05) is 0 Å². The largest absolute Gasteiger partial charge is 0.323 e. The van der Waals surface area contributed by atoms with Gasteiger partial charge in [0, 0.05) is 12.5 Å². The van der Waals surface area contributed by atoms with Crippen molar-refractivity contribution in [1.29, 1.82) is 0 Å². The number of para-hydroxylation sites is 2. The van der Waals surface area contributed by atoms with Crippen LogP contribution in [-0.4, -0.2) is 9.55 Å². The molecule has 0 aliphatic carbocycles. The predicted molar refractivity (Wildman–Crippen MR) is 107 cm³/mol. The van der Waals surface area contributed by atoms with Gasteiger partial charge in [0.15, 0.2) is 0 Å². The molecule has 1 heterocycles. The molecule has 1 atom stereocenters. The summed E-state index contributed by atoms with van der Waals surface area (Å²) in [6.07, 6.45) is 1.13. The van der Waals surface area contributed by atoms with Crippen molar-refractivity contribution < 1.29 is 0 Å². The van der Waals surface area contributed by atoms with E-state index in [-0.39, 0.29) is 5.92 Å². The van der Waals surface area contributed by atoms with Crippen molar-refractivity contribution in [2.75, 3.05) is 0 Å². The molecule has 0 saturated heterocycles. The summed E-state index contributed by atoms with van der Waals surface area (Å²) >= 11 is 0. The molecule has 0 radical (unpaired) electrons. The van der Waals surface area contributed by atoms with Crippen molar-refractivity contribution >= 4 is 11.0 Å². The molecule has 0 spiro atoms. The first kappa shape index (κ1) is 17.5. The minimum atomic E-state index is 0.250. The average molecular weight is 332 g/mol. The molecular weight excluding hydrogens is 304 g/mol. The predicted octanol–water partition coefficient (Wildman–Crippen LogP) is 5.96. The minimum Gasteiger partial charge on any atom is -0.323 e. The van der Waals surface area contributed by atoms with E-state index in [1.165, 1.54) is 16.6 Å². The van der Waals surface area contributed by atoms with Crippen LogP contribution in [0, 0.1) is 5.92 Å². The maximum Gasteiger partial charge on any atom is 0.117 e. The van der Waals surface area contributed by atoms with E-state index in [0.29, 0.717) is 5.92 Å². The van der Waals surface area contributed by atoms with Crippen molar-refractivity contribution in [3.05, 3.63) is 77.6 Å². The highest BCUT2D eigenvalue weighted by Gasteiger charge is 2.18. The Bertz CT molecular complexity index is 869. The van der Waals surface area contributed by atoms with E-state index >= 15 is 0 Å². The summed E-state index contributed by atoms with van der Waals surface area (Å²) in [4.78, 5) is 4.93. The molecule has 3 aromatic rings. The molecule has 0 bridgehead atoms. The molecule has 0 saturated carbocycles. The number of nitrogens with zero attached hydrogens (tertiary/aromatic N) is 2. The van der Waals surface area contributed by atoms with E-state index in [1.54, 1.807) is 0 Å². The van der Waals surface area contributed by atoms with Crippen LogP contribution in [0.25, 0.3) is 11.0 Å². The monoisotopic (exact) mass is 332 g/mol. The first-order valence-corrected chi connectivity index (χ1v) is 9.14. The van der Waals surface area contributed by atoms with Gasteiger partial charge in [0.05, 0.1) is 11.0 Å². The Morgan fingerprint density at radius 1 is 1.04 bits per heavy atom. The highest BCUT2D eigenvalue weighted by Crippen LogP contribution is 2.28. The lowest BCUT2D eigenvalue weighted by molar-refractivity contribution is 0.646. The topological polar surface area (TPSA) is 17.8 Å². The molecule has 130 valence electrons. The standard InChI is InChI=1S/C23H28N2/c1-16(2)14-19-10-12-20(13-11-19)18(5)23-24-21-8-6-7-9-22(21)25(23)15-17(3)4/h6-13,16,18H,3,14-15H2,1-2,4-5H3/t18-/m0/s1. The molecule has 2 aromatic carbocycles. The summed E-state index contributed by atoms with van der Waals surface area (Å²) in [5.41, 5.74) is 6.10. The van der Waals surface area contributed by atoms with Crippen LogP contribution in [0.4, 0.5) is 0 Å². The van der Waals surface area contributed by atoms with E-state index in [0.717, 1.165) is 29.9 Å². The van der Waals surface area contributed by atoms with Crippen LogP contribution in [-0.2, 0) is 13.0 Å². The molecule has 2 nitrogen and oxygen atoms in total. The second-order valence-corrected chi connectivity index (χ2v) is 7.56. The molecule has 25 heavy (non-hydrogen) atoms. The first-order valence-electron chi connectivity index (χ1n) is 9.14. The van der Waals surface area contributed by atoms with Gasteiger partial charge in [-0.15, -0.1) is 0 Å². The quantitative estimate of drug-likeness (QED) is 0.509. The fourth-order valence-corrected chi connectivity index (χ4v) is 3.42. The zero-order chi connectivity index (χ0) is 18.0. The highest BCUT2D eigenvalue weighted by atomic mass is 15.1. The third-order valence-electron chi connectivity index (χ3n) is 4.62. The zero-order valence-corrected chi connectivity index (χ0v) is 15.8. The van der Waals surface area contributed by atoms with E-state index < -0.39 is 0 Å². The van der Waals surface area contributed by atoms with Crippen LogP contribution in [0.3, 0.4) is 0 Å². The van der Waals surface area contributed by atoms with Crippen molar-refractivity contribution in [3.8, 4) is 0 Å². The summed E-state index contributed by atoms with van der Waals surface area (Å²) < 4.78 is 2.31. The van der Waals surface area contributed by atoms with Crippen LogP contribution in [0.15, 0.2) is 60.7 Å². The van der Waals surface area contributed by atoms with Gasteiger partial charge < -0.3 is 4.57 Å². The summed E-state index contributed by atoms with van der Waals surface area (Å²) in [7, 11) is 0. The second kappa shape index (κ2) is 7.26. The van der Waals surface area contributed by atoms with Crippen LogP contribution in [0.1, 0.15) is 50.6 Å². The zero-order valence-electron chi connectivity index (χ0n) is 15.8. The fourth-order valence-electron chi connectivity index (χ4n) is 3.42. The van der Waals surface area contributed by atoms with Gasteiger partial charge in [-0.05, 0) is 42.5 Å². The highest BCUT2D eigenvalue weighted by molar-refractivity contribution is 5.76.